The maximum atomic E-state index is 5.49. The molecule has 4 rings (SSSR count). The van der Waals surface area contributed by atoms with Gasteiger partial charge in [-0.1, -0.05) is 13.8 Å². The van der Waals surface area contributed by atoms with Gasteiger partial charge in [-0.25, -0.2) is 4.98 Å². The molecule has 1 saturated heterocycles. The summed E-state index contributed by atoms with van der Waals surface area (Å²) in [6.45, 7) is 10.2. The van der Waals surface area contributed by atoms with E-state index in [1.807, 2.05) is 12.5 Å². The van der Waals surface area contributed by atoms with Gasteiger partial charge in [0.1, 0.15) is 0 Å². The Bertz CT molecular complexity index is 464. The molecular formula is C16H25N3O. The summed E-state index contributed by atoms with van der Waals surface area (Å²) in [4.78, 5) is 6.83. The molecule has 20 heavy (non-hydrogen) atoms. The number of hydrogen-bond acceptors (Lipinski definition) is 3. The third kappa shape index (κ3) is 1.85. The van der Waals surface area contributed by atoms with Gasteiger partial charge in [0.2, 0.25) is 0 Å². The minimum absolute atomic E-state index is 0.522. The second-order valence-corrected chi connectivity index (χ2v) is 7.26. The van der Waals surface area contributed by atoms with E-state index in [4.69, 9.17) is 4.74 Å². The van der Waals surface area contributed by atoms with Crippen LogP contribution in [0, 0.1) is 23.2 Å². The van der Waals surface area contributed by atoms with Gasteiger partial charge in [0, 0.05) is 38.1 Å². The molecular weight excluding hydrogens is 250 g/mol. The molecule has 3 fully saturated rings. The topological polar surface area (TPSA) is 30.3 Å². The summed E-state index contributed by atoms with van der Waals surface area (Å²) in [6, 6.07) is 0.849. The summed E-state index contributed by atoms with van der Waals surface area (Å²) >= 11 is 0. The van der Waals surface area contributed by atoms with Crippen LogP contribution in [-0.4, -0.2) is 46.8 Å². The molecule has 2 heterocycles. The van der Waals surface area contributed by atoms with Crippen molar-refractivity contribution >= 4 is 0 Å². The molecule has 2 saturated carbocycles. The molecule has 110 valence electrons. The van der Waals surface area contributed by atoms with Crippen LogP contribution in [0.4, 0.5) is 0 Å². The lowest BCUT2D eigenvalue weighted by Crippen LogP contribution is -2.39. The zero-order valence-corrected chi connectivity index (χ0v) is 12.5. The van der Waals surface area contributed by atoms with Crippen LogP contribution in [0.25, 0.3) is 0 Å². The molecule has 0 spiro atoms. The molecule has 0 amide bonds. The fourth-order valence-corrected chi connectivity index (χ4v) is 4.98. The lowest BCUT2D eigenvalue weighted by molar-refractivity contribution is 0.0295. The first-order valence-electron chi connectivity index (χ1n) is 7.97. The first kappa shape index (κ1) is 12.8. The Morgan fingerprint density at radius 1 is 1.30 bits per heavy atom. The highest BCUT2D eigenvalue weighted by molar-refractivity contribution is 5.23. The average Bonchev–Trinajstić information content (AvgIpc) is 2.91. The van der Waals surface area contributed by atoms with Gasteiger partial charge in [0.25, 0.3) is 0 Å². The van der Waals surface area contributed by atoms with Crippen molar-refractivity contribution in [2.45, 2.75) is 32.9 Å². The quantitative estimate of drug-likeness (QED) is 0.840. The highest BCUT2D eigenvalue weighted by Gasteiger charge is 2.73. The van der Waals surface area contributed by atoms with Crippen LogP contribution in [0.5, 0.6) is 0 Å². The van der Waals surface area contributed by atoms with Gasteiger partial charge in [0.15, 0.2) is 0 Å². The third-order valence-corrected chi connectivity index (χ3v) is 6.04. The Labute approximate surface area is 121 Å². The molecule has 2 unspecified atom stereocenters. The summed E-state index contributed by atoms with van der Waals surface area (Å²) in [5.74, 6) is 2.77. The van der Waals surface area contributed by atoms with Gasteiger partial charge >= 0.3 is 0 Å². The van der Waals surface area contributed by atoms with Crippen molar-refractivity contribution in [3.8, 4) is 0 Å². The lowest BCUT2D eigenvalue weighted by Gasteiger charge is -2.43. The Morgan fingerprint density at radius 2 is 2.10 bits per heavy atom. The van der Waals surface area contributed by atoms with Crippen LogP contribution < -0.4 is 0 Å². The Kier molecular flexibility index (Phi) is 2.93. The summed E-state index contributed by atoms with van der Waals surface area (Å²) in [6.07, 6.45) is 7.19. The number of ether oxygens (including phenoxy) is 1. The van der Waals surface area contributed by atoms with E-state index in [2.05, 4.69) is 34.5 Å². The zero-order valence-electron chi connectivity index (χ0n) is 12.5. The Balaban J connectivity index is 1.39. The minimum atomic E-state index is 0.522. The van der Waals surface area contributed by atoms with E-state index < -0.39 is 0 Å². The predicted molar refractivity (Wildman–Crippen MR) is 77.3 cm³/mol. The van der Waals surface area contributed by atoms with E-state index in [1.54, 1.807) is 0 Å². The van der Waals surface area contributed by atoms with Crippen LogP contribution in [0.1, 0.15) is 20.3 Å². The predicted octanol–water partition coefficient (Wildman–Crippen LogP) is 1.88. The highest BCUT2D eigenvalue weighted by Crippen LogP contribution is 2.73. The lowest BCUT2D eigenvalue weighted by atomic mass is 9.61. The summed E-state index contributed by atoms with van der Waals surface area (Å²) in [5.41, 5.74) is 0.522. The fraction of sp³-hybridized carbons (Fsp3) is 0.812. The van der Waals surface area contributed by atoms with Gasteiger partial charge in [-0.05, 0) is 29.6 Å². The number of aryl methyl sites for hydroxylation is 1. The molecule has 0 radical (unpaired) electrons. The van der Waals surface area contributed by atoms with E-state index in [0.29, 0.717) is 5.41 Å². The number of morpholine rings is 1. The smallest absolute Gasteiger partial charge is 0.0945 e. The standard InChI is InChI=1S/C16H25N3O/c1-16(2)12(3-5-18-6-4-17-11-18)13-14(16)15(13)19-7-9-20-10-8-19/h4,6,11-15H,3,5,7-10H2,1-2H3/t12-,13?,14-,15?/m0/s1. The van der Waals surface area contributed by atoms with Gasteiger partial charge in [0.05, 0.1) is 19.5 Å². The number of imidazole rings is 1. The number of hydrogen-bond donors (Lipinski definition) is 0. The highest BCUT2D eigenvalue weighted by atomic mass is 16.5. The first-order valence-corrected chi connectivity index (χ1v) is 7.97. The van der Waals surface area contributed by atoms with Crippen molar-refractivity contribution in [1.82, 2.24) is 14.5 Å². The molecule has 1 aliphatic heterocycles. The van der Waals surface area contributed by atoms with E-state index in [0.717, 1.165) is 56.6 Å². The number of fused-ring (bicyclic) bond motifs is 1. The van der Waals surface area contributed by atoms with Crippen molar-refractivity contribution in [1.29, 1.82) is 0 Å². The second-order valence-electron chi connectivity index (χ2n) is 7.26. The second kappa shape index (κ2) is 4.57. The van der Waals surface area contributed by atoms with Crippen LogP contribution >= 0.6 is 0 Å². The first-order chi connectivity index (χ1) is 9.69. The van der Waals surface area contributed by atoms with Crippen molar-refractivity contribution in [2.75, 3.05) is 26.3 Å². The van der Waals surface area contributed by atoms with E-state index in [9.17, 15) is 0 Å². The van der Waals surface area contributed by atoms with Crippen molar-refractivity contribution in [2.24, 2.45) is 23.2 Å². The van der Waals surface area contributed by atoms with E-state index in [-0.39, 0.29) is 0 Å². The Morgan fingerprint density at radius 3 is 2.80 bits per heavy atom. The van der Waals surface area contributed by atoms with Gasteiger partial charge in [-0.15, -0.1) is 0 Å². The Hall–Kier alpha value is -0.870. The molecule has 4 atom stereocenters. The maximum absolute atomic E-state index is 5.49. The largest absolute Gasteiger partial charge is 0.379 e. The molecule has 4 nitrogen and oxygen atoms in total. The van der Waals surface area contributed by atoms with Crippen LogP contribution in [0.3, 0.4) is 0 Å². The molecule has 0 N–H and O–H groups in total. The maximum Gasteiger partial charge on any atom is 0.0945 e. The zero-order chi connectivity index (χ0) is 13.7. The van der Waals surface area contributed by atoms with Gasteiger partial charge in [-0.3, -0.25) is 4.90 Å². The molecule has 3 aliphatic rings. The SMILES string of the molecule is CC1(C)[C@H]2C(C2N2CCOCC2)[C@@H]1CCn1ccnc1. The van der Waals surface area contributed by atoms with Crippen molar-refractivity contribution in [3.05, 3.63) is 18.7 Å². The molecule has 1 aromatic rings. The van der Waals surface area contributed by atoms with Crippen molar-refractivity contribution < 1.29 is 4.74 Å². The fourth-order valence-electron chi connectivity index (χ4n) is 4.98. The van der Waals surface area contributed by atoms with E-state index >= 15 is 0 Å². The number of aromatic nitrogens is 2. The monoisotopic (exact) mass is 275 g/mol. The van der Waals surface area contributed by atoms with E-state index in [1.165, 1.54) is 6.42 Å². The van der Waals surface area contributed by atoms with Gasteiger partial charge < -0.3 is 9.30 Å². The molecule has 1 aromatic heterocycles. The molecule has 2 aliphatic carbocycles. The van der Waals surface area contributed by atoms with Crippen LogP contribution in [0.15, 0.2) is 18.7 Å². The minimum Gasteiger partial charge on any atom is -0.379 e. The number of nitrogens with zero attached hydrogens (tertiary/aromatic N) is 3. The van der Waals surface area contributed by atoms with Crippen LogP contribution in [0.2, 0.25) is 0 Å². The normalized spacial score (nSPS) is 39.1. The van der Waals surface area contributed by atoms with Gasteiger partial charge in [-0.2, -0.15) is 0 Å². The summed E-state index contributed by atoms with van der Waals surface area (Å²) < 4.78 is 7.71. The molecule has 0 bridgehead atoms. The van der Waals surface area contributed by atoms with Crippen molar-refractivity contribution in [3.63, 3.8) is 0 Å². The third-order valence-electron chi connectivity index (χ3n) is 6.04. The average molecular weight is 275 g/mol. The van der Waals surface area contributed by atoms with Crippen LogP contribution in [-0.2, 0) is 11.3 Å². The number of rotatable bonds is 4. The molecule has 0 aromatic carbocycles. The summed E-state index contributed by atoms with van der Waals surface area (Å²) in [5, 5.41) is 0. The molecule has 4 heteroatoms. The summed E-state index contributed by atoms with van der Waals surface area (Å²) in [7, 11) is 0.